The third-order valence-corrected chi connectivity index (χ3v) is 4.60. The largest absolute Gasteiger partial charge is 0.372 e. The zero-order valence-corrected chi connectivity index (χ0v) is 11.7. The van der Waals surface area contributed by atoms with E-state index in [-0.39, 0.29) is 11.0 Å². The maximum Gasteiger partial charge on any atom is 0.133 e. The molecule has 2 fully saturated rings. The van der Waals surface area contributed by atoms with Crippen molar-refractivity contribution in [1.29, 1.82) is 0 Å². The standard InChI is InChI=1S/C15H26O2/c1-14(2,3)17-13-7-5-6-11-10-12(16)8-9-15(11,13)4/h11,13H,5-10H2,1-4H3. The molecule has 2 nitrogen and oxygen atoms in total. The van der Waals surface area contributed by atoms with Crippen LogP contribution in [0.3, 0.4) is 0 Å². The van der Waals surface area contributed by atoms with Crippen LogP contribution in [0.25, 0.3) is 0 Å². The van der Waals surface area contributed by atoms with Crippen molar-refractivity contribution in [2.45, 2.75) is 77.9 Å². The van der Waals surface area contributed by atoms with E-state index in [0.29, 0.717) is 17.8 Å². The van der Waals surface area contributed by atoms with Crippen molar-refractivity contribution in [3.05, 3.63) is 0 Å². The topological polar surface area (TPSA) is 26.3 Å². The van der Waals surface area contributed by atoms with Crippen LogP contribution in [-0.2, 0) is 9.53 Å². The van der Waals surface area contributed by atoms with Gasteiger partial charge in [0.2, 0.25) is 0 Å². The van der Waals surface area contributed by atoms with E-state index < -0.39 is 0 Å². The maximum absolute atomic E-state index is 11.6. The van der Waals surface area contributed by atoms with Crippen LogP contribution in [0.15, 0.2) is 0 Å². The fourth-order valence-corrected chi connectivity index (χ4v) is 3.58. The lowest BCUT2D eigenvalue weighted by atomic mass is 9.58. The number of carbonyl (C=O) groups is 1. The number of ether oxygens (including phenoxy) is 1. The summed E-state index contributed by atoms with van der Waals surface area (Å²) in [6, 6.07) is 0. The number of ketones is 1. The minimum Gasteiger partial charge on any atom is -0.372 e. The van der Waals surface area contributed by atoms with Crippen LogP contribution in [-0.4, -0.2) is 17.5 Å². The van der Waals surface area contributed by atoms with Gasteiger partial charge in [0, 0.05) is 12.8 Å². The molecule has 0 spiro atoms. The average molecular weight is 238 g/mol. The second-order valence-corrected chi connectivity index (χ2v) is 7.10. The minimum absolute atomic E-state index is 0.0724. The Morgan fingerprint density at radius 2 is 2.00 bits per heavy atom. The molecule has 98 valence electrons. The minimum atomic E-state index is -0.0724. The first-order valence-electron chi connectivity index (χ1n) is 7.01. The van der Waals surface area contributed by atoms with Crippen molar-refractivity contribution in [3.63, 3.8) is 0 Å². The Morgan fingerprint density at radius 1 is 1.29 bits per heavy atom. The molecule has 0 aromatic rings. The second kappa shape index (κ2) is 4.38. The summed E-state index contributed by atoms with van der Waals surface area (Å²) in [6.45, 7) is 8.75. The fraction of sp³-hybridized carbons (Fsp3) is 0.933. The van der Waals surface area contributed by atoms with Crippen LogP contribution in [0.4, 0.5) is 0 Å². The van der Waals surface area contributed by atoms with E-state index in [2.05, 4.69) is 27.7 Å². The lowest BCUT2D eigenvalue weighted by Gasteiger charge is -2.51. The predicted molar refractivity (Wildman–Crippen MR) is 68.9 cm³/mol. The van der Waals surface area contributed by atoms with Gasteiger partial charge in [-0.2, -0.15) is 0 Å². The Labute approximate surface area is 105 Å². The summed E-state index contributed by atoms with van der Waals surface area (Å²) in [5.41, 5.74) is 0.163. The quantitative estimate of drug-likeness (QED) is 0.696. The molecule has 0 N–H and O–H groups in total. The molecule has 2 heteroatoms. The normalized spacial score (nSPS) is 38.9. The molecule has 3 atom stereocenters. The number of hydrogen-bond acceptors (Lipinski definition) is 2. The molecule has 0 aliphatic heterocycles. The molecule has 0 bridgehead atoms. The third-order valence-electron chi connectivity index (χ3n) is 4.60. The Hall–Kier alpha value is -0.370. The van der Waals surface area contributed by atoms with Gasteiger partial charge < -0.3 is 4.74 Å². The van der Waals surface area contributed by atoms with Gasteiger partial charge in [-0.15, -0.1) is 0 Å². The molecule has 0 aromatic heterocycles. The smallest absolute Gasteiger partial charge is 0.133 e. The predicted octanol–water partition coefficient (Wildman–Crippen LogP) is 3.73. The molecule has 3 unspecified atom stereocenters. The van der Waals surface area contributed by atoms with Crippen LogP contribution < -0.4 is 0 Å². The first-order valence-corrected chi connectivity index (χ1v) is 7.01. The monoisotopic (exact) mass is 238 g/mol. The molecule has 0 heterocycles. The Kier molecular flexibility index (Phi) is 3.37. The highest BCUT2D eigenvalue weighted by Crippen LogP contribution is 2.51. The van der Waals surface area contributed by atoms with Crippen LogP contribution in [0.2, 0.25) is 0 Å². The van der Waals surface area contributed by atoms with Crippen LogP contribution in [0.5, 0.6) is 0 Å². The zero-order valence-electron chi connectivity index (χ0n) is 11.7. The maximum atomic E-state index is 11.6. The van der Waals surface area contributed by atoms with E-state index in [1.807, 2.05) is 0 Å². The Morgan fingerprint density at radius 3 is 2.65 bits per heavy atom. The van der Waals surface area contributed by atoms with Gasteiger partial charge in [0.1, 0.15) is 5.78 Å². The summed E-state index contributed by atoms with van der Waals surface area (Å²) >= 11 is 0. The molecule has 17 heavy (non-hydrogen) atoms. The van der Waals surface area contributed by atoms with E-state index in [9.17, 15) is 4.79 Å². The second-order valence-electron chi connectivity index (χ2n) is 7.10. The molecule has 2 aliphatic rings. The van der Waals surface area contributed by atoms with Crippen molar-refractivity contribution in [2.24, 2.45) is 11.3 Å². The number of fused-ring (bicyclic) bond motifs is 1. The molecule has 0 amide bonds. The molecule has 0 saturated heterocycles. The van der Waals surface area contributed by atoms with Gasteiger partial charge in [0.15, 0.2) is 0 Å². The van der Waals surface area contributed by atoms with E-state index in [4.69, 9.17) is 4.74 Å². The lowest BCUT2D eigenvalue weighted by Crippen LogP contribution is -2.49. The summed E-state index contributed by atoms with van der Waals surface area (Å²) in [5, 5.41) is 0. The number of rotatable bonds is 1. The molecule has 2 aliphatic carbocycles. The van der Waals surface area contributed by atoms with Crippen molar-refractivity contribution in [3.8, 4) is 0 Å². The van der Waals surface area contributed by atoms with Crippen molar-refractivity contribution >= 4 is 5.78 Å². The first-order chi connectivity index (χ1) is 7.81. The van der Waals surface area contributed by atoms with Gasteiger partial charge in [-0.25, -0.2) is 0 Å². The molecule has 0 aromatic carbocycles. The lowest BCUT2D eigenvalue weighted by molar-refractivity contribution is -0.163. The first kappa shape index (κ1) is 13.1. The SMILES string of the molecule is CC(C)(C)OC1CCCC2CC(=O)CCC21C. The molecule has 2 rings (SSSR count). The molecule has 2 saturated carbocycles. The number of carbonyl (C=O) groups excluding carboxylic acids is 1. The van der Waals surface area contributed by atoms with E-state index >= 15 is 0 Å². The highest BCUT2D eigenvalue weighted by Gasteiger charge is 2.48. The number of Topliss-reactive ketones (excluding diaryl/α,β-unsaturated/α-hetero) is 1. The van der Waals surface area contributed by atoms with Crippen molar-refractivity contribution < 1.29 is 9.53 Å². The van der Waals surface area contributed by atoms with Gasteiger partial charge in [-0.3, -0.25) is 4.79 Å². The van der Waals surface area contributed by atoms with Crippen molar-refractivity contribution in [2.75, 3.05) is 0 Å². The Balaban J connectivity index is 2.14. The summed E-state index contributed by atoms with van der Waals surface area (Å²) in [5.74, 6) is 1.02. The third kappa shape index (κ3) is 2.73. The summed E-state index contributed by atoms with van der Waals surface area (Å²) in [7, 11) is 0. The van der Waals surface area contributed by atoms with Crippen molar-refractivity contribution in [1.82, 2.24) is 0 Å². The van der Waals surface area contributed by atoms with Gasteiger partial charge >= 0.3 is 0 Å². The van der Waals surface area contributed by atoms with Gasteiger partial charge in [0.05, 0.1) is 11.7 Å². The van der Waals surface area contributed by atoms with E-state index in [1.54, 1.807) is 0 Å². The van der Waals surface area contributed by atoms with Crippen LogP contribution in [0, 0.1) is 11.3 Å². The molecule has 0 radical (unpaired) electrons. The molecular weight excluding hydrogens is 212 g/mol. The summed E-state index contributed by atoms with van der Waals surface area (Å²) in [6.07, 6.45) is 6.52. The van der Waals surface area contributed by atoms with Gasteiger partial charge in [-0.1, -0.05) is 13.3 Å². The average Bonchev–Trinajstić information content (AvgIpc) is 2.19. The fourth-order valence-electron chi connectivity index (χ4n) is 3.58. The highest BCUT2D eigenvalue weighted by molar-refractivity contribution is 5.79. The molecular formula is C15H26O2. The Bertz CT molecular complexity index is 303. The van der Waals surface area contributed by atoms with Crippen LogP contribution >= 0.6 is 0 Å². The number of hydrogen-bond donors (Lipinski definition) is 0. The summed E-state index contributed by atoms with van der Waals surface area (Å²) in [4.78, 5) is 11.6. The zero-order chi connectivity index (χ0) is 12.7. The van der Waals surface area contributed by atoms with E-state index in [0.717, 1.165) is 19.3 Å². The van der Waals surface area contributed by atoms with Gasteiger partial charge in [-0.05, 0) is 51.4 Å². The summed E-state index contributed by atoms with van der Waals surface area (Å²) < 4.78 is 6.28. The highest BCUT2D eigenvalue weighted by atomic mass is 16.5. The van der Waals surface area contributed by atoms with E-state index in [1.165, 1.54) is 19.3 Å². The van der Waals surface area contributed by atoms with Gasteiger partial charge in [0.25, 0.3) is 0 Å². The van der Waals surface area contributed by atoms with Crippen LogP contribution in [0.1, 0.15) is 66.2 Å².